The maximum absolute atomic E-state index is 12.1. The quantitative estimate of drug-likeness (QED) is 0.902. The van der Waals surface area contributed by atoms with Crippen molar-refractivity contribution < 1.29 is 4.79 Å². The van der Waals surface area contributed by atoms with Crippen molar-refractivity contribution in [3.8, 4) is 0 Å². The number of para-hydroxylation sites is 1. The lowest BCUT2D eigenvalue weighted by Crippen LogP contribution is -2.25. The molecule has 0 saturated heterocycles. The lowest BCUT2D eigenvalue weighted by Gasteiger charge is -2.20. The van der Waals surface area contributed by atoms with Crippen LogP contribution in [0.3, 0.4) is 0 Å². The molecule has 1 aliphatic carbocycles. The van der Waals surface area contributed by atoms with Gasteiger partial charge in [0.15, 0.2) is 11.6 Å². The highest BCUT2D eigenvalue weighted by Crippen LogP contribution is 2.24. The molecule has 22 heavy (non-hydrogen) atoms. The lowest BCUT2D eigenvalue weighted by atomic mass is 9.89. The number of anilines is 3. The molecule has 0 atom stereocenters. The number of nitrogens with one attached hydrogen (secondary N) is 2. The van der Waals surface area contributed by atoms with Gasteiger partial charge in [0.25, 0.3) is 0 Å². The fourth-order valence-corrected chi connectivity index (χ4v) is 2.73. The predicted molar refractivity (Wildman–Crippen MR) is 87.0 cm³/mol. The molecule has 1 aromatic heterocycles. The number of carbonyl (C=O) groups is 1. The van der Waals surface area contributed by atoms with E-state index < -0.39 is 0 Å². The van der Waals surface area contributed by atoms with Crippen LogP contribution >= 0.6 is 0 Å². The zero-order chi connectivity index (χ0) is 15.2. The zero-order valence-electron chi connectivity index (χ0n) is 12.5. The summed E-state index contributed by atoms with van der Waals surface area (Å²) in [6.45, 7) is 0. The van der Waals surface area contributed by atoms with Crippen LogP contribution < -0.4 is 10.6 Å². The highest BCUT2D eigenvalue weighted by atomic mass is 16.1. The molecule has 5 heteroatoms. The monoisotopic (exact) mass is 296 g/mol. The average Bonchev–Trinajstić information content (AvgIpc) is 2.58. The Labute approximate surface area is 130 Å². The highest BCUT2D eigenvalue weighted by Gasteiger charge is 2.21. The van der Waals surface area contributed by atoms with E-state index in [1.807, 2.05) is 36.4 Å². The van der Waals surface area contributed by atoms with Crippen molar-refractivity contribution >= 4 is 23.2 Å². The number of amides is 1. The average molecular weight is 296 g/mol. The molecule has 0 spiro atoms. The van der Waals surface area contributed by atoms with E-state index in [-0.39, 0.29) is 11.8 Å². The largest absolute Gasteiger partial charge is 0.339 e. The van der Waals surface area contributed by atoms with Gasteiger partial charge in [-0.1, -0.05) is 37.5 Å². The molecule has 1 aliphatic rings. The second kappa shape index (κ2) is 7.02. The molecule has 1 heterocycles. The molecule has 1 aromatic carbocycles. The first-order valence-electron chi connectivity index (χ1n) is 7.78. The van der Waals surface area contributed by atoms with E-state index in [1.165, 1.54) is 6.42 Å². The second-order valence-corrected chi connectivity index (χ2v) is 5.62. The molecule has 5 nitrogen and oxygen atoms in total. The molecular weight excluding hydrogens is 276 g/mol. The normalized spacial score (nSPS) is 15.3. The van der Waals surface area contributed by atoms with E-state index >= 15 is 0 Å². The van der Waals surface area contributed by atoms with Gasteiger partial charge in [-0.15, -0.1) is 10.2 Å². The van der Waals surface area contributed by atoms with E-state index in [1.54, 1.807) is 6.07 Å². The summed E-state index contributed by atoms with van der Waals surface area (Å²) in [5, 5.41) is 14.2. The van der Waals surface area contributed by atoms with Crippen LogP contribution in [0.1, 0.15) is 32.1 Å². The Morgan fingerprint density at radius 1 is 0.909 bits per heavy atom. The summed E-state index contributed by atoms with van der Waals surface area (Å²) in [7, 11) is 0. The van der Waals surface area contributed by atoms with E-state index in [0.717, 1.165) is 31.4 Å². The van der Waals surface area contributed by atoms with E-state index in [9.17, 15) is 4.79 Å². The van der Waals surface area contributed by atoms with Crippen molar-refractivity contribution in [3.63, 3.8) is 0 Å². The van der Waals surface area contributed by atoms with Crippen molar-refractivity contribution in [1.82, 2.24) is 10.2 Å². The summed E-state index contributed by atoms with van der Waals surface area (Å²) in [6.07, 6.45) is 5.48. The molecule has 2 N–H and O–H groups in total. The third-order valence-electron chi connectivity index (χ3n) is 3.94. The Morgan fingerprint density at radius 3 is 2.27 bits per heavy atom. The smallest absolute Gasteiger partial charge is 0.228 e. The van der Waals surface area contributed by atoms with Gasteiger partial charge < -0.3 is 10.6 Å². The van der Waals surface area contributed by atoms with Crippen LogP contribution in [0.25, 0.3) is 0 Å². The van der Waals surface area contributed by atoms with Crippen LogP contribution in [0.4, 0.5) is 17.3 Å². The Morgan fingerprint density at radius 2 is 1.59 bits per heavy atom. The number of hydrogen-bond acceptors (Lipinski definition) is 4. The van der Waals surface area contributed by atoms with Crippen molar-refractivity contribution in [3.05, 3.63) is 42.5 Å². The first-order chi connectivity index (χ1) is 10.8. The summed E-state index contributed by atoms with van der Waals surface area (Å²) in [6, 6.07) is 13.4. The number of aromatic nitrogens is 2. The molecule has 0 radical (unpaired) electrons. The van der Waals surface area contributed by atoms with E-state index in [2.05, 4.69) is 20.8 Å². The van der Waals surface area contributed by atoms with E-state index in [4.69, 9.17) is 0 Å². The van der Waals surface area contributed by atoms with Gasteiger partial charge in [-0.05, 0) is 37.1 Å². The molecule has 1 fully saturated rings. The van der Waals surface area contributed by atoms with Crippen LogP contribution in [0.15, 0.2) is 42.5 Å². The standard InChI is InChI=1S/C17H20N4O/c22-17(13-7-3-1-4-8-13)19-16-12-11-15(20-21-16)18-14-9-5-2-6-10-14/h2,5-6,9-13H,1,3-4,7-8H2,(H,18,20)(H,19,21,22). The van der Waals surface area contributed by atoms with Crippen molar-refractivity contribution in [1.29, 1.82) is 0 Å². The topological polar surface area (TPSA) is 66.9 Å². The SMILES string of the molecule is O=C(Nc1ccc(Nc2ccccc2)nn1)C1CCCCC1. The summed E-state index contributed by atoms with van der Waals surface area (Å²) in [5.74, 6) is 1.35. The molecule has 0 aliphatic heterocycles. The fourth-order valence-electron chi connectivity index (χ4n) is 2.73. The molecular formula is C17H20N4O. The molecule has 1 amide bonds. The number of carbonyl (C=O) groups excluding carboxylic acids is 1. The summed E-state index contributed by atoms with van der Waals surface area (Å²) >= 11 is 0. The Bertz CT molecular complexity index is 606. The van der Waals surface area contributed by atoms with Gasteiger partial charge in [0.1, 0.15) is 0 Å². The predicted octanol–water partition coefficient (Wildman–Crippen LogP) is 3.74. The van der Waals surface area contributed by atoms with Crippen LogP contribution in [-0.2, 0) is 4.79 Å². The minimum absolute atomic E-state index is 0.0674. The lowest BCUT2D eigenvalue weighted by molar-refractivity contribution is -0.120. The first kappa shape index (κ1) is 14.5. The van der Waals surface area contributed by atoms with Gasteiger partial charge in [-0.2, -0.15) is 0 Å². The summed E-state index contributed by atoms with van der Waals surface area (Å²) < 4.78 is 0. The molecule has 1 saturated carbocycles. The van der Waals surface area contributed by atoms with Gasteiger partial charge in [0, 0.05) is 11.6 Å². The van der Waals surface area contributed by atoms with Gasteiger partial charge in [-0.3, -0.25) is 4.79 Å². The molecule has 114 valence electrons. The maximum Gasteiger partial charge on any atom is 0.228 e. The van der Waals surface area contributed by atoms with Crippen molar-refractivity contribution in [2.24, 2.45) is 5.92 Å². The Hall–Kier alpha value is -2.43. The minimum atomic E-state index is 0.0674. The number of benzene rings is 1. The highest BCUT2D eigenvalue weighted by molar-refractivity contribution is 5.91. The molecule has 2 aromatic rings. The third kappa shape index (κ3) is 3.81. The van der Waals surface area contributed by atoms with Gasteiger partial charge >= 0.3 is 0 Å². The van der Waals surface area contributed by atoms with E-state index in [0.29, 0.717) is 11.6 Å². The van der Waals surface area contributed by atoms with Crippen LogP contribution in [0.2, 0.25) is 0 Å². The first-order valence-corrected chi connectivity index (χ1v) is 7.78. The Kier molecular flexibility index (Phi) is 4.63. The maximum atomic E-state index is 12.1. The molecule has 0 bridgehead atoms. The Balaban J connectivity index is 1.58. The van der Waals surface area contributed by atoms with Gasteiger partial charge in [0.2, 0.25) is 5.91 Å². The zero-order valence-corrected chi connectivity index (χ0v) is 12.5. The number of rotatable bonds is 4. The van der Waals surface area contributed by atoms with Crippen molar-refractivity contribution in [2.75, 3.05) is 10.6 Å². The van der Waals surface area contributed by atoms with Crippen LogP contribution in [0.5, 0.6) is 0 Å². The third-order valence-corrected chi connectivity index (χ3v) is 3.94. The number of nitrogens with zero attached hydrogens (tertiary/aromatic N) is 2. The van der Waals surface area contributed by atoms with Gasteiger partial charge in [0.05, 0.1) is 0 Å². The van der Waals surface area contributed by atoms with Crippen molar-refractivity contribution in [2.45, 2.75) is 32.1 Å². The number of hydrogen-bond donors (Lipinski definition) is 2. The summed E-state index contributed by atoms with van der Waals surface area (Å²) in [4.78, 5) is 12.1. The fraction of sp³-hybridized carbons (Fsp3) is 0.353. The second-order valence-electron chi connectivity index (χ2n) is 5.62. The molecule has 3 rings (SSSR count). The van der Waals surface area contributed by atoms with Gasteiger partial charge in [-0.25, -0.2) is 0 Å². The molecule has 0 unspecified atom stereocenters. The van der Waals surface area contributed by atoms with Crippen LogP contribution in [0, 0.1) is 5.92 Å². The summed E-state index contributed by atoms with van der Waals surface area (Å²) in [5.41, 5.74) is 0.954. The minimum Gasteiger partial charge on any atom is -0.339 e. The van der Waals surface area contributed by atoms with Crippen LogP contribution in [-0.4, -0.2) is 16.1 Å².